The quantitative estimate of drug-likeness (QED) is 0.542. The van der Waals surface area contributed by atoms with Crippen LogP contribution >= 0.6 is 11.3 Å². The van der Waals surface area contributed by atoms with Crippen molar-refractivity contribution in [2.24, 2.45) is 5.10 Å². The molecule has 0 unspecified atom stereocenters. The summed E-state index contributed by atoms with van der Waals surface area (Å²) < 4.78 is 7.27. The van der Waals surface area contributed by atoms with Crippen LogP contribution in [-0.4, -0.2) is 48.0 Å². The predicted molar refractivity (Wildman–Crippen MR) is 108 cm³/mol. The fourth-order valence-electron chi connectivity index (χ4n) is 3.11. The molecule has 1 amide bonds. The number of carbonyl (C=O) groups is 1. The first-order valence-corrected chi connectivity index (χ1v) is 9.69. The fourth-order valence-corrected chi connectivity index (χ4v) is 4.04. The van der Waals surface area contributed by atoms with Gasteiger partial charge in [-0.25, -0.2) is 10.4 Å². The molecule has 1 fully saturated rings. The maximum absolute atomic E-state index is 12.3. The summed E-state index contributed by atoms with van der Waals surface area (Å²) in [7, 11) is 0. The number of nitrogens with one attached hydrogen (secondary N) is 1. The molecule has 0 saturated carbocycles. The van der Waals surface area contributed by atoms with Gasteiger partial charge in [0.2, 0.25) is 0 Å². The topological polar surface area (TPSA) is 71.8 Å². The zero-order valence-electron chi connectivity index (χ0n) is 15.1. The molecule has 140 valence electrons. The Balaban J connectivity index is 1.36. The van der Waals surface area contributed by atoms with Crippen LogP contribution in [0.2, 0.25) is 0 Å². The standard InChI is InChI=1S/C19H21N5O2S/c1-14-21-16-4-2-3-5-17(16)24(14)13-18(25)22-20-12-15-6-7-19(27-15)23-8-10-26-11-9-23/h2-7,12H,8-11,13H2,1H3,(H,22,25)/b20-12-. The van der Waals surface area contributed by atoms with Crippen LogP contribution < -0.4 is 10.3 Å². The highest BCUT2D eigenvalue weighted by Crippen LogP contribution is 2.25. The number of imidazole rings is 1. The van der Waals surface area contributed by atoms with Crippen LogP contribution in [0.1, 0.15) is 10.7 Å². The second-order valence-electron chi connectivity index (χ2n) is 6.30. The first-order valence-electron chi connectivity index (χ1n) is 8.87. The SMILES string of the molecule is Cc1nc2ccccc2n1CC(=O)N/N=C\c1ccc(N2CCOCC2)s1. The Labute approximate surface area is 161 Å². The molecule has 0 bridgehead atoms. The van der Waals surface area contributed by atoms with Gasteiger partial charge in [-0.05, 0) is 31.2 Å². The number of aryl methyl sites for hydroxylation is 1. The number of rotatable bonds is 5. The summed E-state index contributed by atoms with van der Waals surface area (Å²) in [6, 6.07) is 11.9. The van der Waals surface area contributed by atoms with Crippen LogP contribution in [0.25, 0.3) is 11.0 Å². The number of ether oxygens (including phenoxy) is 1. The molecule has 1 N–H and O–H groups in total. The molecule has 4 rings (SSSR count). The summed E-state index contributed by atoms with van der Waals surface area (Å²) >= 11 is 1.66. The van der Waals surface area contributed by atoms with Crippen molar-refractivity contribution in [3.8, 4) is 0 Å². The summed E-state index contributed by atoms with van der Waals surface area (Å²) in [6.45, 7) is 5.43. The van der Waals surface area contributed by atoms with E-state index in [2.05, 4.69) is 26.5 Å². The third kappa shape index (κ3) is 4.01. The lowest BCUT2D eigenvalue weighted by Crippen LogP contribution is -2.35. The minimum absolute atomic E-state index is 0.178. The van der Waals surface area contributed by atoms with Gasteiger partial charge in [0, 0.05) is 18.0 Å². The molecule has 1 aliphatic heterocycles. The summed E-state index contributed by atoms with van der Waals surface area (Å²) in [5.74, 6) is 0.631. The van der Waals surface area contributed by atoms with Crippen LogP contribution in [0.3, 0.4) is 0 Å². The number of nitrogens with zero attached hydrogens (tertiary/aromatic N) is 4. The molecule has 1 saturated heterocycles. The predicted octanol–water partition coefficient (Wildman–Crippen LogP) is 2.39. The Kier molecular flexibility index (Phi) is 5.17. The number of anilines is 1. The van der Waals surface area contributed by atoms with Gasteiger partial charge < -0.3 is 14.2 Å². The average Bonchev–Trinajstić information content (AvgIpc) is 3.28. The van der Waals surface area contributed by atoms with E-state index in [0.29, 0.717) is 0 Å². The molecule has 7 nitrogen and oxygen atoms in total. The van der Waals surface area contributed by atoms with Gasteiger partial charge in [0.05, 0.1) is 35.5 Å². The average molecular weight is 383 g/mol. The van der Waals surface area contributed by atoms with Crippen molar-refractivity contribution < 1.29 is 9.53 Å². The van der Waals surface area contributed by atoms with E-state index in [1.807, 2.05) is 41.8 Å². The van der Waals surface area contributed by atoms with Crippen LogP contribution in [0, 0.1) is 6.92 Å². The number of morpholine rings is 1. The number of aromatic nitrogens is 2. The van der Waals surface area contributed by atoms with E-state index in [1.54, 1.807) is 17.6 Å². The van der Waals surface area contributed by atoms with E-state index in [4.69, 9.17) is 4.74 Å². The molecule has 1 aromatic carbocycles. The molecule has 0 radical (unpaired) electrons. The number of fused-ring (bicyclic) bond motifs is 1. The van der Waals surface area contributed by atoms with Crippen molar-refractivity contribution in [1.82, 2.24) is 15.0 Å². The summed E-state index contributed by atoms with van der Waals surface area (Å²) in [5.41, 5.74) is 4.44. The molecule has 0 aliphatic carbocycles. The highest BCUT2D eigenvalue weighted by Gasteiger charge is 2.13. The van der Waals surface area contributed by atoms with Crippen LogP contribution in [0.5, 0.6) is 0 Å². The van der Waals surface area contributed by atoms with Crippen LogP contribution in [-0.2, 0) is 16.1 Å². The number of amides is 1. The number of hydrogen-bond acceptors (Lipinski definition) is 6. The number of hydrazone groups is 1. The highest BCUT2D eigenvalue weighted by atomic mass is 32.1. The van der Waals surface area contributed by atoms with Crippen molar-refractivity contribution >= 4 is 39.5 Å². The first kappa shape index (κ1) is 17.7. The number of thiophene rings is 1. The Morgan fingerprint density at radius 3 is 2.96 bits per heavy atom. The molecule has 3 heterocycles. The zero-order chi connectivity index (χ0) is 18.6. The summed E-state index contributed by atoms with van der Waals surface area (Å²) in [4.78, 5) is 20.0. The Hall–Kier alpha value is -2.71. The first-order chi connectivity index (χ1) is 13.2. The Bertz CT molecular complexity index is 972. The smallest absolute Gasteiger partial charge is 0.260 e. The van der Waals surface area contributed by atoms with Gasteiger partial charge in [-0.1, -0.05) is 12.1 Å². The maximum atomic E-state index is 12.3. The molecule has 2 aromatic heterocycles. The molecule has 0 atom stereocenters. The second kappa shape index (κ2) is 7.89. The van der Waals surface area contributed by atoms with Gasteiger partial charge in [-0.2, -0.15) is 5.10 Å². The van der Waals surface area contributed by atoms with E-state index in [0.717, 1.165) is 48.0 Å². The van der Waals surface area contributed by atoms with Gasteiger partial charge in [-0.3, -0.25) is 4.79 Å². The third-order valence-electron chi connectivity index (χ3n) is 4.46. The Morgan fingerprint density at radius 2 is 2.11 bits per heavy atom. The lowest BCUT2D eigenvalue weighted by atomic mass is 10.3. The lowest BCUT2D eigenvalue weighted by molar-refractivity contribution is -0.121. The molecular formula is C19H21N5O2S. The molecule has 8 heteroatoms. The largest absolute Gasteiger partial charge is 0.378 e. The zero-order valence-corrected chi connectivity index (χ0v) is 15.9. The Morgan fingerprint density at radius 1 is 1.30 bits per heavy atom. The van der Waals surface area contributed by atoms with E-state index in [-0.39, 0.29) is 12.5 Å². The van der Waals surface area contributed by atoms with Crippen molar-refractivity contribution in [2.45, 2.75) is 13.5 Å². The molecule has 0 spiro atoms. The lowest BCUT2D eigenvalue weighted by Gasteiger charge is -2.27. The minimum atomic E-state index is -0.178. The number of para-hydroxylation sites is 2. The normalized spacial score (nSPS) is 14.9. The minimum Gasteiger partial charge on any atom is -0.378 e. The number of benzene rings is 1. The summed E-state index contributed by atoms with van der Waals surface area (Å²) in [5, 5.41) is 5.30. The maximum Gasteiger partial charge on any atom is 0.260 e. The van der Waals surface area contributed by atoms with E-state index in [1.165, 1.54) is 5.00 Å². The van der Waals surface area contributed by atoms with Crippen molar-refractivity contribution in [1.29, 1.82) is 0 Å². The van der Waals surface area contributed by atoms with Crippen molar-refractivity contribution in [3.05, 3.63) is 47.1 Å². The van der Waals surface area contributed by atoms with Gasteiger partial charge in [0.1, 0.15) is 12.4 Å². The molecular weight excluding hydrogens is 362 g/mol. The van der Waals surface area contributed by atoms with Crippen LogP contribution in [0.4, 0.5) is 5.00 Å². The molecule has 27 heavy (non-hydrogen) atoms. The third-order valence-corrected chi connectivity index (χ3v) is 5.54. The van der Waals surface area contributed by atoms with E-state index < -0.39 is 0 Å². The summed E-state index contributed by atoms with van der Waals surface area (Å²) in [6.07, 6.45) is 1.69. The van der Waals surface area contributed by atoms with Crippen LogP contribution in [0.15, 0.2) is 41.5 Å². The van der Waals surface area contributed by atoms with Gasteiger partial charge in [-0.15, -0.1) is 11.3 Å². The number of hydrogen-bond donors (Lipinski definition) is 1. The van der Waals surface area contributed by atoms with Crippen molar-refractivity contribution in [3.63, 3.8) is 0 Å². The van der Waals surface area contributed by atoms with E-state index in [9.17, 15) is 4.79 Å². The fraction of sp³-hybridized carbons (Fsp3) is 0.316. The van der Waals surface area contributed by atoms with Gasteiger partial charge in [0.15, 0.2) is 0 Å². The molecule has 3 aromatic rings. The highest BCUT2D eigenvalue weighted by molar-refractivity contribution is 7.17. The van der Waals surface area contributed by atoms with Crippen molar-refractivity contribution in [2.75, 3.05) is 31.2 Å². The molecule has 1 aliphatic rings. The second-order valence-corrected chi connectivity index (χ2v) is 7.40. The van der Waals surface area contributed by atoms with E-state index >= 15 is 0 Å². The monoisotopic (exact) mass is 383 g/mol. The number of carbonyl (C=O) groups excluding carboxylic acids is 1. The van der Waals surface area contributed by atoms with Gasteiger partial charge in [0.25, 0.3) is 5.91 Å². The van der Waals surface area contributed by atoms with Gasteiger partial charge >= 0.3 is 0 Å².